The molecule has 2 N–H and O–H groups in total. The highest BCUT2D eigenvalue weighted by Crippen LogP contribution is 2.38. The average Bonchev–Trinajstić information content (AvgIpc) is 2.93. The maximum absolute atomic E-state index is 12.8. The molecule has 0 aromatic heterocycles. The molecule has 224 valence electrons. The van der Waals surface area contributed by atoms with Gasteiger partial charge in [-0.05, 0) is 64.7 Å². The summed E-state index contributed by atoms with van der Waals surface area (Å²) in [6.45, 7) is 5.17. The van der Waals surface area contributed by atoms with E-state index >= 15 is 0 Å². The topological polar surface area (TPSA) is 183 Å². The number of hydrazone groups is 1. The fourth-order valence-corrected chi connectivity index (χ4v) is 6.48. The third-order valence-electron chi connectivity index (χ3n) is 5.71. The van der Waals surface area contributed by atoms with Crippen molar-refractivity contribution in [2.45, 2.75) is 36.6 Å². The van der Waals surface area contributed by atoms with E-state index in [1.807, 2.05) is 6.92 Å². The fourth-order valence-electron chi connectivity index (χ4n) is 3.49. The van der Waals surface area contributed by atoms with E-state index in [0.29, 0.717) is 5.56 Å². The molecular formula is C26H27BrN4O9S2. The predicted octanol–water partition coefficient (Wildman–Crippen LogP) is 3.90. The summed E-state index contributed by atoms with van der Waals surface area (Å²) in [6, 6.07) is 12.2. The number of hydrogen-bond acceptors (Lipinski definition) is 10. The number of nitrogens with one attached hydrogen (secondary N) is 2. The zero-order valence-electron chi connectivity index (χ0n) is 22.8. The van der Waals surface area contributed by atoms with Crippen LogP contribution in [0.3, 0.4) is 0 Å². The maximum atomic E-state index is 12.8. The van der Waals surface area contributed by atoms with Crippen molar-refractivity contribution in [3.8, 4) is 11.5 Å². The Morgan fingerprint density at radius 2 is 1.71 bits per heavy atom. The van der Waals surface area contributed by atoms with Crippen LogP contribution >= 0.6 is 15.9 Å². The second-order valence-electron chi connectivity index (χ2n) is 9.22. The molecule has 0 spiro atoms. The summed E-state index contributed by atoms with van der Waals surface area (Å²) in [5.74, 6) is -1.38. The molecule has 0 unspecified atom stereocenters. The average molecular weight is 684 g/mol. The Morgan fingerprint density at radius 1 is 1.05 bits per heavy atom. The van der Waals surface area contributed by atoms with Gasteiger partial charge in [0.1, 0.15) is 10.9 Å². The third-order valence-corrected chi connectivity index (χ3v) is 8.98. The van der Waals surface area contributed by atoms with Crippen molar-refractivity contribution in [3.05, 3.63) is 86.4 Å². The van der Waals surface area contributed by atoms with Crippen LogP contribution in [0, 0.1) is 23.0 Å². The lowest BCUT2D eigenvalue weighted by Crippen LogP contribution is -2.48. The van der Waals surface area contributed by atoms with E-state index in [1.54, 1.807) is 26.0 Å². The SMILES string of the molecule is COc1cc(/C=N\NC(=O)[C@@H](NS(=O)(=O)c2ccc(C)cc2)C(C)C)cc(Br)c1OS(=O)(=O)c1cccc([N+](=O)[O-])c1. The van der Waals surface area contributed by atoms with Crippen LogP contribution in [0.1, 0.15) is 25.0 Å². The Balaban J connectivity index is 1.77. The Hall–Kier alpha value is -3.86. The summed E-state index contributed by atoms with van der Waals surface area (Å²) < 4.78 is 64.2. The van der Waals surface area contributed by atoms with Crippen molar-refractivity contribution in [1.29, 1.82) is 0 Å². The van der Waals surface area contributed by atoms with Crippen molar-refractivity contribution in [3.63, 3.8) is 0 Å². The van der Waals surface area contributed by atoms with Gasteiger partial charge in [0.2, 0.25) is 10.0 Å². The van der Waals surface area contributed by atoms with Gasteiger partial charge in [-0.15, -0.1) is 0 Å². The van der Waals surface area contributed by atoms with Crippen molar-refractivity contribution in [2.24, 2.45) is 11.0 Å². The molecular weight excluding hydrogens is 656 g/mol. The third kappa shape index (κ3) is 8.12. The molecule has 0 saturated heterocycles. The van der Waals surface area contributed by atoms with E-state index in [4.69, 9.17) is 8.92 Å². The summed E-state index contributed by atoms with van der Waals surface area (Å²) in [6.07, 6.45) is 1.23. The van der Waals surface area contributed by atoms with Gasteiger partial charge >= 0.3 is 10.1 Å². The normalized spacial score (nSPS) is 12.7. The van der Waals surface area contributed by atoms with Crippen molar-refractivity contribution in [2.75, 3.05) is 7.11 Å². The Morgan fingerprint density at radius 3 is 2.31 bits per heavy atom. The van der Waals surface area contributed by atoms with Crippen molar-refractivity contribution in [1.82, 2.24) is 10.1 Å². The molecule has 3 aromatic carbocycles. The minimum Gasteiger partial charge on any atom is -0.493 e. The largest absolute Gasteiger partial charge is 0.493 e. The summed E-state index contributed by atoms with van der Waals surface area (Å²) in [5.41, 5.74) is 3.11. The molecule has 42 heavy (non-hydrogen) atoms. The predicted molar refractivity (Wildman–Crippen MR) is 157 cm³/mol. The van der Waals surface area contributed by atoms with Gasteiger partial charge in [0.05, 0.1) is 27.6 Å². The van der Waals surface area contributed by atoms with Gasteiger partial charge in [-0.1, -0.05) is 37.6 Å². The second kappa shape index (κ2) is 13.4. The Bertz CT molecular complexity index is 1730. The number of aryl methyl sites for hydroxylation is 1. The molecule has 16 heteroatoms. The number of nitro groups is 1. The highest BCUT2D eigenvalue weighted by molar-refractivity contribution is 9.10. The first kappa shape index (κ1) is 32.7. The number of rotatable bonds is 12. The van der Waals surface area contributed by atoms with Crippen LogP contribution in [0.5, 0.6) is 11.5 Å². The van der Waals surface area contributed by atoms with E-state index in [9.17, 15) is 31.7 Å². The fraction of sp³-hybridized carbons (Fsp3) is 0.231. The zero-order chi connectivity index (χ0) is 31.2. The lowest BCUT2D eigenvalue weighted by Gasteiger charge is -2.20. The quantitative estimate of drug-likeness (QED) is 0.124. The number of amides is 1. The molecule has 0 bridgehead atoms. The highest BCUT2D eigenvalue weighted by atomic mass is 79.9. The summed E-state index contributed by atoms with van der Waals surface area (Å²) in [4.78, 5) is 22.7. The summed E-state index contributed by atoms with van der Waals surface area (Å²) in [7, 11) is -7.20. The van der Waals surface area contributed by atoms with Crippen LogP contribution in [0.4, 0.5) is 5.69 Å². The van der Waals surface area contributed by atoms with Gasteiger partial charge in [0, 0.05) is 12.1 Å². The van der Waals surface area contributed by atoms with Crippen LogP contribution < -0.4 is 19.1 Å². The van der Waals surface area contributed by atoms with E-state index in [1.165, 1.54) is 43.7 Å². The molecule has 0 aliphatic heterocycles. The number of benzene rings is 3. The Labute approximate surface area is 251 Å². The van der Waals surface area contributed by atoms with Crippen molar-refractivity contribution >= 4 is 53.9 Å². The summed E-state index contributed by atoms with van der Waals surface area (Å²) in [5, 5.41) is 14.9. The van der Waals surface area contributed by atoms with Gasteiger partial charge in [-0.3, -0.25) is 14.9 Å². The molecule has 13 nitrogen and oxygen atoms in total. The molecule has 3 rings (SSSR count). The van der Waals surface area contributed by atoms with Crippen molar-refractivity contribution < 1.29 is 35.5 Å². The number of nitro benzene ring substituents is 1. The number of sulfonamides is 1. The molecule has 0 aliphatic carbocycles. The number of hydrogen-bond donors (Lipinski definition) is 2. The van der Waals surface area contributed by atoms with Crippen LogP contribution in [-0.2, 0) is 24.9 Å². The Kier molecular flexibility index (Phi) is 10.4. The highest BCUT2D eigenvalue weighted by Gasteiger charge is 2.28. The molecule has 0 radical (unpaired) electrons. The minimum absolute atomic E-state index is 0.0156. The first-order chi connectivity index (χ1) is 19.6. The first-order valence-electron chi connectivity index (χ1n) is 12.1. The van der Waals surface area contributed by atoms with Gasteiger partial charge in [0.25, 0.3) is 11.6 Å². The number of nitrogens with zero attached hydrogens (tertiary/aromatic N) is 2. The summed E-state index contributed by atoms with van der Waals surface area (Å²) >= 11 is 3.22. The maximum Gasteiger partial charge on any atom is 0.339 e. The van der Waals surface area contributed by atoms with Gasteiger partial charge in [-0.25, -0.2) is 13.8 Å². The van der Waals surface area contributed by atoms with Crippen LogP contribution in [0.2, 0.25) is 0 Å². The van der Waals surface area contributed by atoms with E-state index in [0.717, 1.165) is 23.8 Å². The number of carbonyl (C=O) groups excluding carboxylic acids is 1. The van der Waals surface area contributed by atoms with E-state index < -0.39 is 53.5 Å². The monoisotopic (exact) mass is 682 g/mol. The lowest BCUT2D eigenvalue weighted by molar-refractivity contribution is -0.385. The molecule has 0 heterocycles. The minimum atomic E-state index is -4.48. The van der Waals surface area contributed by atoms with Crippen LogP contribution in [0.15, 0.2) is 80.0 Å². The first-order valence-corrected chi connectivity index (χ1v) is 15.8. The lowest BCUT2D eigenvalue weighted by atomic mass is 10.1. The number of carbonyl (C=O) groups is 1. The van der Waals surface area contributed by atoms with E-state index in [2.05, 4.69) is 31.2 Å². The van der Waals surface area contributed by atoms with Gasteiger partial charge in [0.15, 0.2) is 11.5 Å². The zero-order valence-corrected chi connectivity index (χ0v) is 26.0. The molecule has 0 fully saturated rings. The molecule has 3 aromatic rings. The number of halogens is 1. The van der Waals surface area contributed by atoms with E-state index in [-0.39, 0.29) is 20.9 Å². The number of ether oxygens (including phenoxy) is 1. The number of methoxy groups -OCH3 is 1. The molecule has 0 saturated carbocycles. The standard InChI is InChI=1S/C26H27BrN4O9S2/c1-16(2)24(30-41(35,36)20-10-8-17(3)9-11-20)26(32)29-28-15-18-12-22(27)25(23(13-18)39-4)40-42(37,38)21-7-5-6-19(14-21)31(33)34/h5-16,24,30H,1-4H3,(H,29,32)/b28-15-/t24-/m0/s1. The molecule has 0 aliphatic rings. The van der Waals surface area contributed by atoms with Crippen LogP contribution in [0.25, 0.3) is 0 Å². The molecule has 1 amide bonds. The van der Waals surface area contributed by atoms with Gasteiger partial charge in [-0.2, -0.15) is 18.2 Å². The molecule has 1 atom stereocenters. The second-order valence-corrected chi connectivity index (χ2v) is 13.3. The van der Waals surface area contributed by atoms with Crippen LogP contribution in [-0.4, -0.2) is 47.0 Å². The smallest absolute Gasteiger partial charge is 0.339 e. The number of non-ortho nitro benzene ring substituents is 1. The van der Waals surface area contributed by atoms with Gasteiger partial charge < -0.3 is 8.92 Å².